The summed E-state index contributed by atoms with van der Waals surface area (Å²) in [6, 6.07) is 24.2. The highest BCUT2D eigenvalue weighted by Crippen LogP contribution is 2.31. The third-order valence-electron chi connectivity index (χ3n) is 5.28. The molecular formula is C29H20Cl2N2O4. The highest BCUT2D eigenvalue weighted by molar-refractivity contribution is 6.35. The van der Waals surface area contributed by atoms with Gasteiger partial charge >= 0.3 is 5.97 Å². The summed E-state index contributed by atoms with van der Waals surface area (Å²) in [6.07, 6.45) is 1.40. The van der Waals surface area contributed by atoms with Crippen molar-refractivity contribution in [2.75, 3.05) is 11.9 Å². The van der Waals surface area contributed by atoms with Crippen molar-refractivity contribution in [3.05, 3.63) is 106 Å². The van der Waals surface area contributed by atoms with Gasteiger partial charge in [0, 0.05) is 15.7 Å². The molecule has 37 heavy (non-hydrogen) atoms. The smallest absolute Gasteiger partial charge is 0.344 e. The van der Waals surface area contributed by atoms with E-state index >= 15 is 0 Å². The van der Waals surface area contributed by atoms with Crippen LogP contribution in [0.3, 0.4) is 0 Å². The highest BCUT2D eigenvalue weighted by Gasteiger charge is 2.16. The van der Waals surface area contributed by atoms with Gasteiger partial charge in [0.25, 0.3) is 5.91 Å². The van der Waals surface area contributed by atoms with Crippen molar-refractivity contribution in [1.29, 1.82) is 5.26 Å². The van der Waals surface area contributed by atoms with Gasteiger partial charge in [-0.3, -0.25) is 4.79 Å². The lowest BCUT2D eigenvalue weighted by Gasteiger charge is -2.12. The summed E-state index contributed by atoms with van der Waals surface area (Å²) < 4.78 is 11.4. The first kappa shape index (κ1) is 25.8. The minimum atomic E-state index is -0.634. The summed E-state index contributed by atoms with van der Waals surface area (Å²) >= 11 is 12.0. The van der Waals surface area contributed by atoms with E-state index in [0.29, 0.717) is 39.2 Å². The number of benzene rings is 4. The van der Waals surface area contributed by atoms with E-state index in [-0.39, 0.29) is 11.3 Å². The molecule has 4 rings (SSSR count). The quantitative estimate of drug-likeness (QED) is 0.117. The monoisotopic (exact) mass is 530 g/mol. The average Bonchev–Trinajstić information content (AvgIpc) is 2.87. The lowest BCUT2D eigenvalue weighted by Crippen LogP contribution is -2.13. The van der Waals surface area contributed by atoms with Crippen LogP contribution < -0.4 is 14.8 Å². The molecule has 4 aromatic rings. The number of carbonyl (C=O) groups is 2. The molecule has 0 spiro atoms. The van der Waals surface area contributed by atoms with Crippen LogP contribution >= 0.6 is 23.2 Å². The van der Waals surface area contributed by atoms with Crippen LogP contribution in [0.15, 0.2) is 84.4 Å². The van der Waals surface area contributed by atoms with Gasteiger partial charge in [0.15, 0.2) is 11.5 Å². The van der Waals surface area contributed by atoms with E-state index in [0.717, 1.165) is 10.8 Å². The van der Waals surface area contributed by atoms with Crippen LogP contribution in [0.2, 0.25) is 10.0 Å². The molecule has 0 radical (unpaired) electrons. The predicted octanol–water partition coefficient (Wildman–Crippen LogP) is 7.31. The van der Waals surface area contributed by atoms with Gasteiger partial charge in [0.2, 0.25) is 0 Å². The molecule has 1 N–H and O–H groups in total. The fourth-order valence-electron chi connectivity index (χ4n) is 3.67. The Kier molecular flexibility index (Phi) is 8.09. The summed E-state index contributed by atoms with van der Waals surface area (Å²) in [4.78, 5) is 25.7. The molecular weight excluding hydrogens is 511 g/mol. The van der Waals surface area contributed by atoms with Crippen molar-refractivity contribution in [2.45, 2.75) is 6.92 Å². The molecule has 184 valence electrons. The van der Waals surface area contributed by atoms with Crippen LogP contribution in [0.5, 0.6) is 11.5 Å². The zero-order valence-corrected chi connectivity index (χ0v) is 21.1. The van der Waals surface area contributed by atoms with Crippen molar-refractivity contribution >= 4 is 57.6 Å². The Bertz CT molecular complexity index is 1550. The third-order valence-corrected chi connectivity index (χ3v) is 5.71. The van der Waals surface area contributed by atoms with Gasteiger partial charge in [-0.15, -0.1) is 0 Å². The molecule has 0 aliphatic heterocycles. The maximum atomic E-state index is 13.0. The standard InChI is InChI=1S/C29H20Cl2N2O4/c1-2-36-27-13-18(12-20(17-32)28(34)33-23-15-21(30)14-22(31)16-23)10-11-26(27)37-29(35)25-9-5-7-19-6-3-4-8-24(19)25/h3-16H,2H2,1H3,(H,33,34). The molecule has 0 bridgehead atoms. The fourth-order valence-corrected chi connectivity index (χ4v) is 4.19. The number of nitrogens with one attached hydrogen (secondary N) is 1. The summed E-state index contributed by atoms with van der Waals surface area (Å²) in [5.74, 6) is -0.652. The molecule has 0 atom stereocenters. The number of amides is 1. The van der Waals surface area contributed by atoms with Gasteiger partial charge in [-0.25, -0.2) is 4.79 Å². The second kappa shape index (κ2) is 11.6. The van der Waals surface area contributed by atoms with E-state index < -0.39 is 11.9 Å². The van der Waals surface area contributed by atoms with E-state index in [4.69, 9.17) is 32.7 Å². The Morgan fingerprint density at radius 3 is 2.41 bits per heavy atom. The third kappa shape index (κ3) is 6.28. The molecule has 0 saturated heterocycles. The number of halogens is 2. The molecule has 0 fully saturated rings. The molecule has 6 nitrogen and oxygen atoms in total. The van der Waals surface area contributed by atoms with Crippen molar-refractivity contribution in [3.8, 4) is 17.6 Å². The lowest BCUT2D eigenvalue weighted by molar-refractivity contribution is -0.112. The van der Waals surface area contributed by atoms with Gasteiger partial charge in [-0.2, -0.15) is 5.26 Å². The van der Waals surface area contributed by atoms with Crippen LogP contribution in [0.25, 0.3) is 16.8 Å². The Balaban J connectivity index is 1.59. The molecule has 0 heterocycles. The number of carbonyl (C=O) groups excluding carboxylic acids is 2. The van der Waals surface area contributed by atoms with E-state index in [1.807, 2.05) is 36.4 Å². The second-order valence-corrected chi connectivity index (χ2v) is 8.71. The highest BCUT2D eigenvalue weighted by atomic mass is 35.5. The normalized spacial score (nSPS) is 11.0. The van der Waals surface area contributed by atoms with Crippen LogP contribution in [0.1, 0.15) is 22.8 Å². The summed E-state index contributed by atoms with van der Waals surface area (Å²) in [5, 5.41) is 14.6. The van der Waals surface area contributed by atoms with Crippen LogP contribution in [-0.4, -0.2) is 18.5 Å². The Morgan fingerprint density at radius 1 is 0.946 bits per heavy atom. The first-order chi connectivity index (χ1) is 17.9. The molecule has 1 amide bonds. The molecule has 0 saturated carbocycles. The minimum absolute atomic E-state index is 0.154. The maximum Gasteiger partial charge on any atom is 0.344 e. The Morgan fingerprint density at radius 2 is 1.68 bits per heavy atom. The van der Waals surface area contributed by atoms with Crippen LogP contribution in [-0.2, 0) is 4.79 Å². The zero-order chi connectivity index (χ0) is 26.4. The number of anilines is 1. The van der Waals surface area contributed by atoms with Gasteiger partial charge in [-0.05, 0) is 65.7 Å². The van der Waals surface area contributed by atoms with Crippen molar-refractivity contribution in [1.82, 2.24) is 0 Å². The molecule has 0 aliphatic carbocycles. The van der Waals surface area contributed by atoms with Crippen molar-refractivity contribution < 1.29 is 19.1 Å². The molecule has 0 aromatic heterocycles. The van der Waals surface area contributed by atoms with Gasteiger partial charge in [0.05, 0.1) is 12.2 Å². The van der Waals surface area contributed by atoms with E-state index in [9.17, 15) is 14.9 Å². The lowest BCUT2D eigenvalue weighted by atomic mass is 10.0. The number of nitrogens with zero attached hydrogens (tertiary/aromatic N) is 1. The number of hydrogen-bond acceptors (Lipinski definition) is 5. The fraction of sp³-hybridized carbons (Fsp3) is 0.0690. The van der Waals surface area contributed by atoms with Crippen molar-refractivity contribution in [2.24, 2.45) is 0 Å². The number of rotatable bonds is 7. The maximum absolute atomic E-state index is 13.0. The number of hydrogen-bond donors (Lipinski definition) is 1. The van der Waals surface area contributed by atoms with Gasteiger partial charge in [0.1, 0.15) is 11.6 Å². The number of nitriles is 1. The topological polar surface area (TPSA) is 88.4 Å². The zero-order valence-electron chi connectivity index (χ0n) is 19.6. The van der Waals surface area contributed by atoms with Crippen LogP contribution in [0.4, 0.5) is 5.69 Å². The van der Waals surface area contributed by atoms with Gasteiger partial charge < -0.3 is 14.8 Å². The first-order valence-electron chi connectivity index (χ1n) is 11.2. The second-order valence-electron chi connectivity index (χ2n) is 7.84. The van der Waals surface area contributed by atoms with Crippen molar-refractivity contribution in [3.63, 3.8) is 0 Å². The van der Waals surface area contributed by atoms with E-state index in [1.165, 1.54) is 24.3 Å². The minimum Gasteiger partial charge on any atom is -0.490 e. The first-order valence-corrected chi connectivity index (χ1v) is 12.0. The largest absolute Gasteiger partial charge is 0.490 e. The molecule has 0 aliphatic rings. The summed E-state index contributed by atoms with van der Waals surface area (Å²) in [5.41, 5.74) is 1.13. The Hall–Kier alpha value is -4.31. The molecule has 4 aromatic carbocycles. The molecule has 8 heteroatoms. The average molecular weight is 531 g/mol. The number of fused-ring (bicyclic) bond motifs is 1. The predicted molar refractivity (Wildman–Crippen MR) is 145 cm³/mol. The van der Waals surface area contributed by atoms with Gasteiger partial charge in [-0.1, -0.05) is 65.7 Å². The molecule has 0 unspecified atom stereocenters. The SMILES string of the molecule is CCOc1cc(C=C(C#N)C(=O)Nc2cc(Cl)cc(Cl)c2)ccc1OC(=O)c1cccc2ccccc12. The number of ether oxygens (including phenoxy) is 2. The summed E-state index contributed by atoms with van der Waals surface area (Å²) in [7, 11) is 0. The van der Waals surface area contributed by atoms with E-state index in [2.05, 4.69) is 5.32 Å². The number of esters is 1. The summed E-state index contributed by atoms with van der Waals surface area (Å²) in [6.45, 7) is 2.11. The van der Waals surface area contributed by atoms with E-state index in [1.54, 1.807) is 37.3 Å². The Labute approximate surface area is 223 Å². The van der Waals surface area contributed by atoms with Crippen LogP contribution in [0, 0.1) is 11.3 Å².